The number of thioether (sulfide) groups is 1. The summed E-state index contributed by atoms with van der Waals surface area (Å²) < 4.78 is 0. The minimum Gasteiger partial charge on any atom is -0.374 e. The predicted octanol–water partition coefficient (Wildman–Crippen LogP) is 2.65. The first-order valence-electron chi connectivity index (χ1n) is 6.90. The zero-order valence-corrected chi connectivity index (χ0v) is 13.5. The molecule has 0 saturated heterocycles. The summed E-state index contributed by atoms with van der Waals surface area (Å²) in [5.41, 5.74) is 8.51. The van der Waals surface area contributed by atoms with E-state index >= 15 is 0 Å². The highest BCUT2D eigenvalue weighted by atomic mass is 32.2. The largest absolute Gasteiger partial charge is 0.374 e. The first kappa shape index (κ1) is 16.3. The molecule has 0 spiro atoms. The number of hydrogen-bond acceptors (Lipinski definition) is 4. The molecule has 2 N–H and O–H groups in total. The van der Waals surface area contributed by atoms with Crippen LogP contribution >= 0.6 is 11.8 Å². The van der Waals surface area contributed by atoms with Crippen LogP contribution in [0.15, 0.2) is 23.1 Å². The molecule has 0 amide bonds. The summed E-state index contributed by atoms with van der Waals surface area (Å²) in [5.74, 6) is 1.08. The average Bonchev–Trinajstić information content (AvgIpc) is 2.38. The molecule has 19 heavy (non-hydrogen) atoms. The molecule has 3 nitrogen and oxygen atoms in total. The van der Waals surface area contributed by atoms with E-state index in [9.17, 15) is 0 Å². The van der Waals surface area contributed by atoms with E-state index < -0.39 is 0 Å². The van der Waals surface area contributed by atoms with Crippen molar-refractivity contribution in [3.8, 4) is 0 Å². The second-order valence-electron chi connectivity index (χ2n) is 4.97. The van der Waals surface area contributed by atoms with Crippen molar-refractivity contribution in [1.29, 1.82) is 0 Å². The zero-order chi connectivity index (χ0) is 14.3. The van der Waals surface area contributed by atoms with Crippen LogP contribution in [0.5, 0.6) is 0 Å². The fourth-order valence-electron chi connectivity index (χ4n) is 2.15. The molecule has 0 saturated carbocycles. The first-order valence-corrected chi connectivity index (χ1v) is 7.89. The summed E-state index contributed by atoms with van der Waals surface area (Å²) >= 11 is 1.87. The second-order valence-corrected chi connectivity index (χ2v) is 6.28. The van der Waals surface area contributed by atoms with Crippen LogP contribution in [-0.4, -0.2) is 44.9 Å². The van der Waals surface area contributed by atoms with E-state index in [4.69, 9.17) is 5.73 Å². The average molecular weight is 281 g/mol. The molecule has 1 aromatic rings. The van der Waals surface area contributed by atoms with Gasteiger partial charge in [0.05, 0.1) is 0 Å². The minimum atomic E-state index is 0.608. The molecule has 0 atom stereocenters. The molecule has 0 radical (unpaired) electrons. The van der Waals surface area contributed by atoms with Gasteiger partial charge in [-0.15, -0.1) is 11.8 Å². The van der Waals surface area contributed by atoms with Gasteiger partial charge >= 0.3 is 0 Å². The van der Waals surface area contributed by atoms with Gasteiger partial charge in [-0.05, 0) is 44.9 Å². The van der Waals surface area contributed by atoms with Crippen molar-refractivity contribution < 1.29 is 0 Å². The van der Waals surface area contributed by atoms with Gasteiger partial charge in [0, 0.05) is 36.3 Å². The Kier molecular flexibility index (Phi) is 7.28. The predicted molar refractivity (Wildman–Crippen MR) is 87.2 cm³/mol. The van der Waals surface area contributed by atoms with E-state index in [1.165, 1.54) is 22.6 Å². The van der Waals surface area contributed by atoms with Crippen LogP contribution < -0.4 is 10.6 Å². The van der Waals surface area contributed by atoms with Gasteiger partial charge in [0.15, 0.2) is 0 Å². The normalized spacial score (nSPS) is 11.1. The Balaban J connectivity index is 2.77. The van der Waals surface area contributed by atoms with Gasteiger partial charge in [0.1, 0.15) is 0 Å². The maximum absolute atomic E-state index is 5.95. The molecule has 4 heteroatoms. The van der Waals surface area contributed by atoms with E-state index in [0.717, 1.165) is 18.8 Å². The summed E-state index contributed by atoms with van der Waals surface area (Å²) in [6, 6.07) is 6.49. The summed E-state index contributed by atoms with van der Waals surface area (Å²) in [4.78, 5) is 5.87. The van der Waals surface area contributed by atoms with Gasteiger partial charge in [-0.2, -0.15) is 0 Å². The molecule has 0 heterocycles. The van der Waals surface area contributed by atoms with Crippen molar-refractivity contribution in [2.45, 2.75) is 24.8 Å². The van der Waals surface area contributed by atoms with Gasteiger partial charge in [0.25, 0.3) is 0 Å². The molecule has 0 aromatic heterocycles. The first-order chi connectivity index (χ1) is 9.10. The lowest BCUT2D eigenvalue weighted by Gasteiger charge is -2.24. The summed E-state index contributed by atoms with van der Waals surface area (Å²) in [6.45, 7) is 4.96. The standard InChI is InChI=1S/C15H27N3S/c1-5-19-15-9-6-8-14(13(15)12-16)18(4)11-7-10-17(2)3/h6,8-9H,5,7,10-12,16H2,1-4H3. The monoisotopic (exact) mass is 281 g/mol. The smallest absolute Gasteiger partial charge is 0.0420 e. The molecule has 0 unspecified atom stereocenters. The topological polar surface area (TPSA) is 32.5 Å². The molecule has 1 aromatic carbocycles. The third-order valence-corrected chi connectivity index (χ3v) is 4.10. The van der Waals surface area contributed by atoms with Gasteiger partial charge in [0.2, 0.25) is 0 Å². The van der Waals surface area contributed by atoms with E-state index in [1.807, 2.05) is 11.8 Å². The number of anilines is 1. The van der Waals surface area contributed by atoms with Crippen molar-refractivity contribution >= 4 is 17.4 Å². The van der Waals surface area contributed by atoms with E-state index in [-0.39, 0.29) is 0 Å². The highest BCUT2D eigenvalue weighted by molar-refractivity contribution is 7.99. The SMILES string of the molecule is CCSc1cccc(N(C)CCCN(C)C)c1CN. The Morgan fingerprint density at radius 1 is 1.16 bits per heavy atom. The summed E-state index contributed by atoms with van der Waals surface area (Å²) in [6.07, 6.45) is 1.17. The maximum atomic E-state index is 5.95. The van der Waals surface area contributed by atoms with Crippen LogP contribution in [0.25, 0.3) is 0 Å². The van der Waals surface area contributed by atoms with Gasteiger partial charge < -0.3 is 15.5 Å². The molecule has 0 aliphatic carbocycles. The fraction of sp³-hybridized carbons (Fsp3) is 0.600. The van der Waals surface area contributed by atoms with Crippen molar-refractivity contribution in [1.82, 2.24) is 4.90 Å². The summed E-state index contributed by atoms with van der Waals surface area (Å²) in [7, 11) is 6.39. The number of rotatable bonds is 8. The Hall–Kier alpha value is -0.710. The van der Waals surface area contributed by atoms with Crippen LogP contribution in [0, 0.1) is 0 Å². The van der Waals surface area contributed by atoms with Crippen molar-refractivity contribution in [3.63, 3.8) is 0 Å². The lowest BCUT2D eigenvalue weighted by molar-refractivity contribution is 0.401. The Morgan fingerprint density at radius 2 is 1.89 bits per heavy atom. The van der Waals surface area contributed by atoms with Crippen molar-refractivity contribution in [2.24, 2.45) is 5.73 Å². The molecule has 0 bridgehead atoms. The third kappa shape index (κ3) is 5.05. The molecule has 1 rings (SSSR count). The van der Waals surface area contributed by atoms with Crippen molar-refractivity contribution in [2.75, 3.05) is 44.9 Å². The number of nitrogens with two attached hydrogens (primary N) is 1. The van der Waals surface area contributed by atoms with Crippen LogP contribution in [0.1, 0.15) is 18.9 Å². The number of benzene rings is 1. The molecule has 0 aliphatic rings. The highest BCUT2D eigenvalue weighted by Gasteiger charge is 2.10. The molecule has 0 aliphatic heterocycles. The third-order valence-electron chi connectivity index (χ3n) is 3.12. The quantitative estimate of drug-likeness (QED) is 0.743. The Labute approximate surface area is 122 Å². The summed E-state index contributed by atoms with van der Waals surface area (Å²) in [5, 5.41) is 0. The van der Waals surface area contributed by atoms with Crippen LogP contribution in [0.2, 0.25) is 0 Å². The van der Waals surface area contributed by atoms with E-state index in [1.54, 1.807) is 0 Å². The zero-order valence-electron chi connectivity index (χ0n) is 12.6. The highest BCUT2D eigenvalue weighted by Crippen LogP contribution is 2.30. The molecule has 108 valence electrons. The molecular weight excluding hydrogens is 254 g/mol. The lowest BCUT2D eigenvalue weighted by atomic mass is 10.1. The molecular formula is C15H27N3S. The number of hydrogen-bond donors (Lipinski definition) is 1. The fourth-order valence-corrected chi connectivity index (χ4v) is 3.00. The Morgan fingerprint density at radius 3 is 2.47 bits per heavy atom. The van der Waals surface area contributed by atoms with Crippen LogP contribution in [0.3, 0.4) is 0 Å². The van der Waals surface area contributed by atoms with Gasteiger partial charge in [-0.1, -0.05) is 13.0 Å². The van der Waals surface area contributed by atoms with Crippen molar-refractivity contribution in [3.05, 3.63) is 23.8 Å². The van der Waals surface area contributed by atoms with Gasteiger partial charge in [-0.3, -0.25) is 0 Å². The molecule has 0 fully saturated rings. The van der Waals surface area contributed by atoms with Crippen LogP contribution in [-0.2, 0) is 6.54 Å². The minimum absolute atomic E-state index is 0.608. The van der Waals surface area contributed by atoms with E-state index in [2.05, 4.69) is 56.1 Å². The van der Waals surface area contributed by atoms with Gasteiger partial charge in [-0.25, -0.2) is 0 Å². The number of nitrogens with zero attached hydrogens (tertiary/aromatic N) is 2. The van der Waals surface area contributed by atoms with Crippen LogP contribution in [0.4, 0.5) is 5.69 Å². The lowest BCUT2D eigenvalue weighted by Crippen LogP contribution is -2.24. The second kappa shape index (κ2) is 8.46. The Bertz CT molecular complexity index is 380. The van der Waals surface area contributed by atoms with E-state index in [0.29, 0.717) is 6.54 Å². The maximum Gasteiger partial charge on any atom is 0.0420 e.